The van der Waals surface area contributed by atoms with E-state index in [0.717, 1.165) is 30.3 Å². The Morgan fingerprint density at radius 3 is 2.83 bits per heavy atom. The van der Waals surface area contributed by atoms with E-state index in [2.05, 4.69) is 9.98 Å². The van der Waals surface area contributed by atoms with Gasteiger partial charge in [0.1, 0.15) is 0 Å². The topological polar surface area (TPSA) is 42.3 Å². The molecule has 6 heteroatoms. The van der Waals surface area contributed by atoms with Gasteiger partial charge in [-0.25, -0.2) is 4.99 Å². The number of carbonyl (C=O) groups is 1. The summed E-state index contributed by atoms with van der Waals surface area (Å²) in [6.07, 6.45) is 8.22. The van der Waals surface area contributed by atoms with E-state index in [1.807, 2.05) is 0 Å². The van der Waals surface area contributed by atoms with Crippen LogP contribution in [0.5, 0.6) is 0 Å². The summed E-state index contributed by atoms with van der Waals surface area (Å²) in [5.41, 5.74) is -0.232. The average molecular weight is 350 g/mol. The molecule has 3 aliphatic rings. The van der Waals surface area contributed by atoms with Crippen LogP contribution in [0.15, 0.2) is 29.5 Å². The zero-order chi connectivity index (χ0) is 16.9. The molecule has 0 N–H and O–H groups in total. The number of amides is 1. The second-order valence-electron chi connectivity index (χ2n) is 7.40. The summed E-state index contributed by atoms with van der Waals surface area (Å²) in [5.74, 6) is -2.02. The van der Waals surface area contributed by atoms with E-state index in [9.17, 15) is 13.6 Å². The Kier molecular flexibility index (Phi) is 3.79. The van der Waals surface area contributed by atoms with Crippen molar-refractivity contribution >= 4 is 22.7 Å². The third-order valence-electron chi connectivity index (χ3n) is 5.90. The predicted molar refractivity (Wildman–Crippen MR) is 90.1 cm³/mol. The maximum atomic E-state index is 15.0. The number of halogens is 2. The molecular formula is C18H20F2N2OS. The molecule has 3 nitrogen and oxygen atoms in total. The SMILES string of the molecule is CC1(C(F)(F)c2cccnc2)SC(C[C@H]2C[C@@H]3CC[C@H]2C3)=NC1=O. The summed E-state index contributed by atoms with van der Waals surface area (Å²) >= 11 is 0.960. The number of rotatable bonds is 4. The van der Waals surface area contributed by atoms with Crippen molar-refractivity contribution in [2.24, 2.45) is 22.7 Å². The Morgan fingerprint density at radius 2 is 2.21 bits per heavy atom. The summed E-state index contributed by atoms with van der Waals surface area (Å²) in [4.78, 5) is 20.1. The first-order valence-electron chi connectivity index (χ1n) is 8.49. The lowest BCUT2D eigenvalue weighted by Crippen LogP contribution is -2.44. The molecule has 0 saturated heterocycles. The summed E-state index contributed by atoms with van der Waals surface area (Å²) in [7, 11) is 0. The standard InChI is InChI=1S/C18H20F2N2OS/c1-17(18(19,20)14-3-2-6-21-10-14)16(23)22-15(24-17)9-13-8-11-4-5-12(13)7-11/h2-3,6,10-13H,4-5,7-9H2,1H3/t11-,12+,13-,17?/m1/s1. The molecule has 0 spiro atoms. The summed E-state index contributed by atoms with van der Waals surface area (Å²) < 4.78 is 28.1. The van der Waals surface area contributed by atoms with Crippen molar-refractivity contribution in [3.8, 4) is 0 Å². The Labute approximate surface area is 144 Å². The van der Waals surface area contributed by atoms with Crippen LogP contribution in [-0.4, -0.2) is 20.7 Å². The molecule has 2 heterocycles. The average Bonchev–Trinajstić information content (AvgIpc) is 3.24. The highest BCUT2D eigenvalue weighted by Gasteiger charge is 2.61. The molecule has 1 aromatic heterocycles. The van der Waals surface area contributed by atoms with E-state index in [-0.39, 0.29) is 5.56 Å². The summed E-state index contributed by atoms with van der Waals surface area (Å²) in [5, 5.41) is 0.587. The minimum absolute atomic E-state index is 0.232. The molecule has 1 amide bonds. The Hall–Kier alpha value is -1.30. The Morgan fingerprint density at radius 1 is 1.38 bits per heavy atom. The number of pyridine rings is 1. The van der Waals surface area contributed by atoms with Crippen LogP contribution in [0.25, 0.3) is 0 Å². The quantitative estimate of drug-likeness (QED) is 0.807. The van der Waals surface area contributed by atoms with Gasteiger partial charge in [0.05, 0.1) is 5.04 Å². The number of aromatic nitrogens is 1. The third kappa shape index (κ3) is 2.41. The van der Waals surface area contributed by atoms with E-state index in [1.54, 1.807) is 0 Å². The van der Waals surface area contributed by atoms with E-state index < -0.39 is 16.6 Å². The van der Waals surface area contributed by atoms with Crippen LogP contribution in [-0.2, 0) is 10.7 Å². The van der Waals surface area contributed by atoms with E-state index in [1.165, 1.54) is 44.5 Å². The number of aliphatic imine (C=N–C) groups is 1. The van der Waals surface area contributed by atoms with Crippen LogP contribution < -0.4 is 0 Å². The van der Waals surface area contributed by atoms with Crippen molar-refractivity contribution in [2.75, 3.05) is 0 Å². The fourth-order valence-electron chi connectivity index (χ4n) is 4.48. The molecule has 128 valence electrons. The van der Waals surface area contributed by atoms with Crippen LogP contribution >= 0.6 is 11.8 Å². The first-order chi connectivity index (χ1) is 11.4. The van der Waals surface area contributed by atoms with Crippen molar-refractivity contribution in [3.05, 3.63) is 30.1 Å². The van der Waals surface area contributed by atoms with E-state index >= 15 is 0 Å². The summed E-state index contributed by atoms with van der Waals surface area (Å²) in [6, 6.07) is 2.79. The van der Waals surface area contributed by atoms with Crippen molar-refractivity contribution in [1.29, 1.82) is 0 Å². The summed E-state index contributed by atoms with van der Waals surface area (Å²) in [6.45, 7) is 1.31. The van der Waals surface area contributed by atoms with Gasteiger partial charge >= 0.3 is 0 Å². The number of alkyl halides is 2. The molecule has 1 aliphatic heterocycles. The van der Waals surface area contributed by atoms with Gasteiger partial charge in [0.15, 0.2) is 4.75 Å². The molecule has 2 bridgehead atoms. The van der Waals surface area contributed by atoms with Gasteiger partial charge in [0.2, 0.25) is 0 Å². The number of nitrogens with zero attached hydrogens (tertiary/aromatic N) is 2. The van der Waals surface area contributed by atoms with Gasteiger partial charge in [-0.1, -0.05) is 18.2 Å². The molecule has 0 radical (unpaired) electrons. The highest BCUT2D eigenvalue weighted by Crippen LogP contribution is 2.54. The number of thioether (sulfide) groups is 1. The van der Waals surface area contributed by atoms with Crippen LogP contribution in [0.2, 0.25) is 0 Å². The number of hydrogen-bond acceptors (Lipinski definition) is 3. The highest BCUT2D eigenvalue weighted by molar-refractivity contribution is 8.16. The zero-order valence-electron chi connectivity index (χ0n) is 13.5. The number of carbonyl (C=O) groups excluding carboxylic acids is 1. The third-order valence-corrected chi connectivity index (χ3v) is 7.23. The fourth-order valence-corrected chi connectivity index (χ4v) is 5.76. The first kappa shape index (κ1) is 16.2. The van der Waals surface area contributed by atoms with Crippen molar-refractivity contribution in [2.45, 2.75) is 49.7 Å². The largest absolute Gasteiger partial charge is 0.298 e. The molecule has 1 aromatic rings. The van der Waals surface area contributed by atoms with E-state index in [4.69, 9.17) is 0 Å². The van der Waals surface area contributed by atoms with Gasteiger partial charge in [0, 0.05) is 18.0 Å². The van der Waals surface area contributed by atoms with Crippen molar-refractivity contribution in [1.82, 2.24) is 4.98 Å². The van der Waals surface area contributed by atoms with Gasteiger partial charge in [0.25, 0.3) is 11.8 Å². The van der Waals surface area contributed by atoms with Crippen LogP contribution in [0, 0.1) is 17.8 Å². The number of hydrogen-bond donors (Lipinski definition) is 0. The molecule has 4 rings (SSSR count). The molecule has 1 unspecified atom stereocenters. The van der Waals surface area contributed by atoms with Gasteiger partial charge in [-0.2, -0.15) is 8.78 Å². The Bertz CT molecular complexity index is 694. The molecule has 2 aliphatic carbocycles. The molecule has 24 heavy (non-hydrogen) atoms. The lowest BCUT2D eigenvalue weighted by molar-refractivity contribution is -0.130. The van der Waals surface area contributed by atoms with Gasteiger partial charge in [-0.3, -0.25) is 9.78 Å². The lowest BCUT2D eigenvalue weighted by atomic mass is 9.87. The first-order valence-corrected chi connectivity index (χ1v) is 9.31. The highest BCUT2D eigenvalue weighted by atomic mass is 32.2. The van der Waals surface area contributed by atoms with Gasteiger partial charge in [-0.05, 0) is 62.5 Å². The van der Waals surface area contributed by atoms with E-state index in [0.29, 0.717) is 23.3 Å². The monoisotopic (exact) mass is 350 g/mol. The fraction of sp³-hybridized carbons (Fsp3) is 0.611. The maximum absolute atomic E-state index is 15.0. The second-order valence-corrected chi connectivity index (χ2v) is 8.89. The smallest absolute Gasteiger partial charge is 0.271 e. The predicted octanol–water partition coefficient (Wildman–Crippen LogP) is 4.43. The maximum Gasteiger partial charge on any atom is 0.298 e. The van der Waals surface area contributed by atoms with Crippen LogP contribution in [0.3, 0.4) is 0 Å². The molecule has 0 aromatic carbocycles. The Balaban J connectivity index is 1.52. The zero-order valence-corrected chi connectivity index (χ0v) is 14.4. The van der Waals surface area contributed by atoms with Gasteiger partial charge < -0.3 is 0 Å². The number of fused-ring (bicyclic) bond motifs is 2. The van der Waals surface area contributed by atoms with Crippen LogP contribution in [0.1, 0.15) is 44.6 Å². The normalized spacial score (nSPS) is 35.5. The molecule has 2 fully saturated rings. The molecule has 2 saturated carbocycles. The second kappa shape index (κ2) is 5.61. The lowest BCUT2D eigenvalue weighted by Gasteiger charge is -2.31. The van der Waals surface area contributed by atoms with Crippen molar-refractivity contribution < 1.29 is 13.6 Å². The molecule has 4 atom stereocenters. The van der Waals surface area contributed by atoms with Crippen LogP contribution in [0.4, 0.5) is 8.78 Å². The van der Waals surface area contributed by atoms with Gasteiger partial charge in [-0.15, -0.1) is 0 Å². The molecular weight excluding hydrogens is 330 g/mol. The van der Waals surface area contributed by atoms with Crippen molar-refractivity contribution in [3.63, 3.8) is 0 Å². The minimum atomic E-state index is -3.30. The minimum Gasteiger partial charge on any atom is -0.271 e.